The van der Waals surface area contributed by atoms with E-state index in [0.29, 0.717) is 0 Å². The third-order valence-corrected chi connectivity index (χ3v) is 10.1. The van der Waals surface area contributed by atoms with Crippen LogP contribution in [0.15, 0.2) is 133 Å². The van der Waals surface area contributed by atoms with E-state index in [9.17, 15) is 0 Å². The summed E-state index contributed by atoms with van der Waals surface area (Å²) < 4.78 is 12.7. The fourth-order valence-corrected chi connectivity index (χ4v) is 8.23. The average molecular weight is 613 g/mol. The molecule has 0 saturated carbocycles. The van der Waals surface area contributed by atoms with E-state index >= 15 is 0 Å². The molecule has 4 nitrogen and oxygen atoms in total. The normalized spacial score (nSPS) is 14.5. The van der Waals surface area contributed by atoms with Gasteiger partial charge in [0.1, 0.15) is 0 Å². The van der Waals surface area contributed by atoms with E-state index in [-0.39, 0.29) is 5.41 Å². The minimum atomic E-state index is -0.100. The van der Waals surface area contributed by atoms with Gasteiger partial charge in [0, 0.05) is 16.8 Å². The van der Waals surface area contributed by atoms with E-state index in [1.807, 2.05) is 24.3 Å². The van der Waals surface area contributed by atoms with E-state index in [2.05, 4.69) is 133 Å². The maximum atomic E-state index is 6.36. The molecule has 3 aliphatic rings. The quantitative estimate of drug-likeness (QED) is 0.186. The van der Waals surface area contributed by atoms with E-state index in [1.165, 1.54) is 22.3 Å². The Labute approximate surface area is 276 Å². The van der Waals surface area contributed by atoms with E-state index in [4.69, 9.17) is 9.47 Å². The van der Waals surface area contributed by atoms with Crippen LogP contribution in [-0.2, 0) is 5.41 Å². The van der Waals surface area contributed by atoms with Crippen molar-refractivity contribution in [1.82, 2.24) is 0 Å². The Kier molecular flexibility index (Phi) is 6.39. The van der Waals surface area contributed by atoms with Crippen LogP contribution in [0.5, 0.6) is 23.0 Å². The first-order valence-corrected chi connectivity index (χ1v) is 16.8. The number of para-hydroxylation sites is 8. The Morgan fingerprint density at radius 1 is 0.447 bits per heavy atom. The van der Waals surface area contributed by atoms with E-state index in [1.54, 1.807) is 0 Å². The van der Waals surface area contributed by atoms with Crippen LogP contribution >= 0.6 is 0 Å². The zero-order valence-electron chi connectivity index (χ0n) is 26.7. The molecule has 0 aromatic heterocycles. The van der Waals surface area contributed by atoms with Crippen molar-refractivity contribution in [1.29, 1.82) is 0 Å². The average Bonchev–Trinajstić information content (AvgIpc) is 3.37. The van der Waals surface area contributed by atoms with Crippen LogP contribution in [0, 0.1) is 0 Å². The van der Waals surface area contributed by atoms with Crippen molar-refractivity contribution in [2.45, 2.75) is 44.9 Å². The summed E-state index contributed by atoms with van der Waals surface area (Å²) in [7, 11) is 0. The third-order valence-electron chi connectivity index (χ3n) is 10.1. The van der Waals surface area contributed by atoms with Crippen LogP contribution in [0.25, 0.3) is 11.1 Å². The largest absolute Gasteiger partial charge is 0.453 e. The zero-order chi connectivity index (χ0) is 31.5. The molecule has 0 radical (unpaired) electrons. The first kappa shape index (κ1) is 27.8. The van der Waals surface area contributed by atoms with E-state index in [0.717, 1.165) is 82.8 Å². The molecule has 6 aromatic carbocycles. The molecule has 1 aliphatic carbocycles. The second-order valence-corrected chi connectivity index (χ2v) is 12.8. The molecule has 230 valence electrons. The summed E-state index contributed by atoms with van der Waals surface area (Å²) in [5, 5.41) is 0. The van der Waals surface area contributed by atoms with Crippen LogP contribution in [0.3, 0.4) is 0 Å². The first-order valence-electron chi connectivity index (χ1n) is 16.8. The third kappa shape index (κ3) is 4.14. The molecule has 2 aliphatic heterocycles. The van der Waals surface area contributed by atoms with E-state index < -0.39 is 0 Å². The number of rotatable bonds is 6. The predicted octanol–water partition coefficient (Wildman–Crippen LogP) is 12.7. The molecule has 0 saturated heterocycles. The highest BCUT2D eigenvalue weighted by atomic mass is 16.5. The highest BCUT2D eigenvalue weighted by molar-refractivity contribution is 5.92. The summed E-state index contributed by atoms with van der Waals surface area (Å²) in [4.78, 5) is 4.74. The number of ether oxygens (including phenoxy) is 2. The Morgan fingerprint density at radius 3 is 1.13 bits per heavy atom. The SMILES string of the molecule is CCCC1(CCC)c2cc(N3c4ccccc4Oc4ccccc43)ccc2-c2ccc(N3c4ccccc4Oc4ccccc43)cc21. The second kappa shape index (κ2) is 10.8. The minimum Gasteiger partial charge on any atom is -0.453 e. The minimum absolute atomic E-state index is 0.100. The number of fused-ring (bicyclic) bond motifs is 7. The van der Waals surface area contributed by atoms with Gasteiger partial charge in [0.25, 0.3) is 0 Å². The Bertz CT molecular complexity index is 1920. The van der Waals surface area contributed by atoms with Gasteiger partial charge < -0.3 is 19.3 Å². The second-order valence-electron chi connectivity index (χ2n) is 12.8. The molecule has 47 heavy (non-hydrogen) atoms. The van der Waals surface area contributed by atoms with Gasteiger partial charge in [-0.3, -0.25) is 0 Å². The predicted molar refractivity (Wildman–Crippen MR) is 192 cm³/mol. The summed E-state index contributed by atoms with van der Waals surface area (Å²) in [5.74, 6) is 3.50. The van der Waals surface area contributed by atoms with Crippen LogP contribution in [0.4, 0.5) is 34.1 Å². The van der Waals surface area contributed by atoms with Gasteiger partial charge in [0.2, 0.25) is 0 Å². The van der Waals surface area contributed by atoms with Crippen molar-refractivity contribution >= 4 is 34.1 Å². The van der Waals surface area contributed by atoms with Crippen molar-refractivity contribution in [2.75, 3.05) is 9.80 Å². The van der Waals surface area contributed by atoms with Crippen LogP contribution in [0.1, 0.15) is 50.7 Å². The smallest absolute Gasteiger partial charge is 0.151 e. The number of hydrogen-bond acceptors (Lipinski definition) is 4. The highest BCUT2D eigenvalue weighted by Crippen LogP contribution is 2.59. The molecule has 0 bridgehead atoms. The number of nitrogens with zero attached hydrogens (tertiary/aromatic N) is 2. The van der Waals surface area contributed by atoms with Crippen molar-refractivity contribution in [3.05, 3.63) is 145 Å². The van der Waals surface area contributed by atoms with Crippen LogP contribution < -0.4 is 19.3 Å². The fraction of sp³-hybridized carbons (Fsp3) is 0.163. The Morgan fingerprint density at radius 2 is 0.787 bits per heavy atom. The maximum absolute atomic E-state index is 6.36. The molecule has 0 spiro atoms. The van der Waals surface area contributed by atoms with Gasteiger partial charge in [-0.1, -0.05) is 87.4 Å². The lowest BCUT2D eigenvalue weighted by molar-refractivity contribution is 0.436. The molecule has 9 rings (SSSR count). The summed E-state index contributed by atoms with van der Waals surface area (Å²) in [6.07, 6.45) is 4.36. The molecule has 0 unspecified atom stereocenters. The molecule has 4 heteroatoms. The fourth-order valence-electron chi connectivity index (χ4n) is 8.23. The van der Waals surface area contributed by atoms with Crippen molar-refractivity contribution in [2.24, 2.45) is 0 Å². The van der Waals surface area contributed by atoms with Gasteiger partial charge in [-0.05, 0) is 108 Å². The van der Waals surface area contributed by atoms with Gasteiger partial charge in [-0.2, -0.15) is 0 Å². The van der Waals surface area contributed by atoms with Crippen LogP contribution in [-0.4, -0.2) is 0 Å². The van der Waals surface area contributed by atoms with Gasteiger partial charge in [-0.15, -0.1) is 0 Å². The Hall–Kier alpha value is -5.48. The summed E-state index contributed by atoms with van der Waals surface area (Å²) in [6, 6.07) is 47.6. The molecular formula is C43H36N2O2. The molecular weight excluding hydrogens is 576 g/mol. The lowest BCUT2D eigenvalue weighted by atomic mass is 9.71. The molecule has 0 N–H and O–H groups in total. The van der Waals surface area contributed by atoms with Crippen molar-refractivity contribution < 1.29 is 9.47 Å². The number of benzene rings is 6. The highest BCUT2D eigenvalue weighted by Gasteiger charge is 2.43. The lowest BCUT2D eigenvalue weighted by Crippen LogP contribution is -2.26. The van der Waals surface area contributed by atoms with Gasteiger partial charge in [-0.25, -0.2) is 0 Å². The maximum Gasteiger partial charge on any atom is 0.151 e. The monoisotopic (exact) mass is 612 g/mol. The number of anilines is 6. The summed E-state index contributed by atoms with van der Waals surface area (Å²) in [6.45, 7) is 4.65. The van der Waals surface area contributed by atoms with Gasteiger partial charge >= 0.3 is 0 Å². The van der Waals surface area contributed by atoms with Crippen LogP contribution in [0.2, 0.25) is 0 Å². The Balaban J connectivity index is 1.23. The summed E-state index contributed by atoms with van der Waals surface area (Å²) >= 11 is 0. The molecule has 2 heterocycles. The van der Waals surface area contributed by atoms with Gasteiger partial charge in [0.15, 0.2) is 23.0 Å². The van der Waals surface area contributed by atoms with Crippen molar-refractivity contribution in [3.8, 4) is 34.1 Å². The standard InChI is InChI=1S/C43H36N2O2/c1-3-25-43(26-4-2)33-27-29(44-35-13-5-9-17-39(35)46-40-18-10-6-14-36(40)44)21-23-31(33)32-24-22-30(28-34(32)43)45-37-15-7-11-19-41(37)47-42-20-12-8-16-38(42)45/h5-24,27-28H,3-4,25-26H2,1-2H3. The molecule has 6 aromatic rings. The molecule has 0 amide bonds. The molecule has 0 atom stereocenters. The topological polar surface area (TPSA) is 24.9 Å². The molecule has 0 fully saturated rings. The zero-order valence-corrected chi connectivity index (χ0v) is 26.7. The van der Waals surface area contributed by atoms with Crippen molar-refractivity contribution in [3.63, 3.8) is 0 Å². The van der Waals surface area contributed by atoms with Gasteiger partial charge in [0.05, 0.1) is 22.7 Å². The first-order chi connectivity index (χ1) is 23.2. The lowest BCUT2D eigenvalue weighted by Gasteiger charge is -2.36. The number of hydrogen-bond donors (Lipinski definition) is 0. The summed E-state index contributed by atoms with van der Waals surface area (Å²) in [5.41, 5.74) is 12.0.